The second-order valence-electron chi connectivity index (χ2n) is 7.52. The van der Waals surface area contributed by atoms with E-state index in [-0.39, 0.29) is 5.82 Å². The van der Waals surface area contributed by atoms with Gasteiger partial charge in [0.2, 0.25) is 0 Å². The summed E-state index contributed by atoms with van der Waals surface area (Å²) in [6, 6.07) is 10.9. The van der Waals surface area contributed by atoms with Crippen LogP contribution in [0.3, 0.4) is 0 Å². The van der Waals surface area contributed by atoms with Gasteiger partial charge in [0.05, 0.1) is 11.3 Å². The molecule has 150 valence electrons. The van der Waals surface area contributed by atoms with Gasteiger partial charge < -0.3 is 9.80 Å². The van der Waals surface area contributed by atoms with Crippen LogP contribution in [0.25, 0.3) is 22.4 Å². The number of hydrogen-bond acceptors (Lipinski definition) is 4. The predicted octanol–water partition coefficient (Wildman–Crippen LogP) is 4.36. The number of pyridine rings is 1. The van der Waals surface area contributed by atoms with E-state index in [9.17, 15) is 4.39 Å². The Morgan fingerprint density at radius 3 is 2.48 bits per heavy atom. The van der Waals surface area contributed by atoms with Crippen molar-refractivity contribution in [2.75, 3.05) is 31.6 Å². The first-order valence-corrected chi connectivity index (χ1v) is 9.98. The van der Waals surface area contributed by atoms with Crippen molar-refractivity contribution in [1.82, 2.24) is 20.1 Å². The molecule has 0 radical (unpaired) electrons. The van der Waals surface area contributed by atoms with E-state index < -0.39 is 0 Å². The number of rotatable bonds is 6. The summed E-state index contributed by atoms with van der Waals surface area (Å²) in [6.07, 6.45) is 7.67. The highest BCUT2D eigenvalue weighted by Gasteiger charge is 2.28. The molecule has 3 heterocycles. The first kappa shape index (κ1) is 19.3. The summed E-state index contributed by atoms with van der Waals surface area (Å²) >= 11 is 0. The number of benzene rings is 1. The fourth-order valence-electron chi connectivity index (χ4n) is 4.01. The summed E-state index contributed by atoms with van der Waals surface area (Å²) in [6.45, 7) is 6.83. The second-order valence-corrected chi connectivity index (χ2v) is 7.52. The maximum Gasteiger partial charge on any atom is 0.159 e. The highest BCUT2D eigenvalue weighted by Crippen LogP contribution is 2.39. The molecule has 4 rings (SSSR count). The van der Waals surface area contributed by atoms with E-state index in [2.05, 4.69) is 33.5 Å². The van der Waals surface area contributed by atoms with Gasteiger partial charge in [-0.3, -0.25) is 10.1 Å². The van der Waals surface area contributed by atoms with E-state index in [4.69, 9.17) is 5.10 Å². The molecule has 0 bridgehead atoms. The summed E-state index contributed by atoms with van der Waals surface area (Å²) in [4.78, 5) is 8.87. The molecule has 0 unspecified atom stereocenters. The van der Waals surface area contributed by atoms with Gasteiger partial charge in [-0.15, -0.1) is 6.58 Å². The minimum absolute atomic E-state index is 0.251. The number of nitrogens with one attached hydrogen (secondary N) is 1. The third-order valence-electron chi connectivity index (χ3n) is 5.58. The molecule has 2 aromatic heterocycles. The number of H-pyrrole nitrogens is 1. The molecule has 1 fully saturated rings. The fourth-order valence-corrected chi connectivity index (χ4v) is 4.01. The van der Waals surface area contributed by atoms with Gasteiger partial charge in [0.15, 0.2) is 5.82 Å². The van der Waals surface area contributed by atoms with Crippen molar-refractivity contribution >= 4 is 5.82 Å². The van der Waals surface area contributed by atoms with Gasteiger partial charge >= 0.3 is 0 Å². The molecule has 0 saturated carbocycles. The number of nitrogens with zero attached hydrogens (tertiary/aromatic N) is 4. The van der Waals surface area contributed by atoms with Gasteiger partial charge in [0.1, 0.15) is 5.82 Å². The van der Waals surface area contributed by atoms with Crippen LogP contribution in [0, 0.1) is 5.82 Å². The Hall–Kier alpha value is -2.99. The molecule has 29 heavy (non-hydrogen) atoms. The van der Waals surface area contributed by atoms with E-state index >= 15 is 0 Å². The van der Waals surface area contributed by atoms with Crippen LogP contribution >= 0.6 is 0 Å². The van der Waals surface area contributed by atoms with Crippen LogP contribution < -0.4 is 4.90 Å². The summed E-state index contributed by atoms with van der Waals surface area (Å²) in [5, 5.41) is 7.95. The Morgan fingerprint density at radius 2 is 1.83 bits per heavy atom. The first-order valence-electron chi connectivity index (χ1n) is 9.98. The lowest BCUT2D eigenvalue weighted by molar-refractivity contribution is 0.251. The molecule has 3 aromatic rings. The smallest absolute Gasteiger partial charge is 0.159 e. The topological polar surface area (TPSA) is 48.1 Å². The van der Waals surface area contributed by atoms with Crippen LogP contribution in [0.15, 0.2) is 61.4 Å². The zero-order valence-corrected chi connectivity index (χ0v) is 16.7. The highest BCUT2D eigenvalue weighted by molar-refractivity contribution is 5.89. The monoisotopic (exact) mass is 391 g/mol. The van der Waals surface area contributed by atoms with Gasteiger partial charge in [-0.2, -0.15) is 5.10 Å². The summed E-state index contributed by atoms with van der Waals surface area (Å²) < 4.78 is 13.5. The number of hydrogen-bond donors (Lipinski definition) is 1. The van der Waals surface area contributed by atoms with Gasteiger partial charge in [-0.1, -0.05) is 6.08 Å². The van der Waals surface area contributed by atoms with Crippen molar-refractivity contribution in [2.45, 2.75) is 18.9 Å². The Kier molecular flexibility index (Phi) is 5.71. The molecule has 6 heteroatoms. The van der Waals surface area contributed by atoms with E-state index in [1.807, 2.05) is 18.2 Å². The molecule has 5 nitrogen and oxygen atoms in total. The quantitative estimate of drug-likeness (QED) is 0.634. The van der Waals surface area contributed by atoms with E-state index in [0.717, 1.165) is 60.7 Å². The Bertz CT molecular complexity index is 943. The zero-order valence-electron chi connectivity index (χ0n) is 16.7. The van der Waals surface area contributed by atoms with Crippen LogP contribution in [0.4, 0.5) is 10.2 Å². The minimum Gasteiger partial charge on any atom is -0.348 e. The molecule has 0 spiro atoms. The number of halogens is 1. The molecule has 1 aromatic carbocycles. The minimum atomic E-state index is -0.251. The van der Waals surface area contributed by atoms with E-state index in [1.165, 1.54) is 12.1 Å². The Morgan fingerprint density at radius 1 is 1.14 bits per heavy atom. The summed E-state index contributed by atoms with van der Waals surface area (Å²) in [5.41, 5.74) is 3.83. The van der Waals surface area contributed by atoms with Gasteiger partial charge in [-0.25, -0.2) is 4.39 Å². The second kappa shape index (κ2) is 8.57. The maximum atomic E-state index is 13.5. The number of piperidine rings is 1. The average Bonchev–Trinajstić information content (AvgIpc) is 3.19. The normalized spacial score (nSPS) is 15.4. The van der Waals surface area contributed by atoms with E-state index in [0.29, 0.717) is 6.04 Å². The lowest BCUT2D eigenvalue weighted by atomic mass is 9.99. The molecule has 0 aliphatic carbocycles. The van der Waals surface area contributed by atoms with Gasteiger partial charge in [-0.05, 0) is 74.9 Å². The zero-order chi connectivity index (χ0) is 20.2. The number of likely N-dealkylation sites (tertiary alicyclic amines) is 1. The predicted molar refractivity (Wildman–Crippen MR) is 115 cm³/mol. The van der Waals surface area contributed by atoms with Gasteiger partial charge in [0.25, 0.3) is 0 Å². The van der Waals surface area contributed by atoms with Crippen molar-refractivity contribution in [3.8, 4) is 22.4 Å². The fraction of sp³-hybridized carbons (Fsp3) is 0.304. The lowest BCUT2D eigenvalue weighted by Gasteiger charge is -2.37. The summed E-state index contributed by atoms with van der Waals surface area (Å²) in [7, 11) is 2.16. The van der Waals surface area contributed by atoms with Crippen LogP contribution in [-0.4, -0.2) is 52.8 Å². The third-order valence-corrected chi connectivity index (χ3v) is 5.58. The Labute approximate surface area is 170 Å². The van der Waals surface area contributed by atoms with Crippen LogP contribution in [0.1, 0.15) is 12.8 Å². The number of aromatic amines is 1. The van der Waals surface area contributed by atoms with Crippen molar-refractivity contribution < 1.29 is 4.39 Å². The molecule has 1 aliphatic heterocycles. The number of anilines is 1. The maximum absolute atomic E-state index is 13.5. The molecular weight excluding hydrogens is 365 g/mol. The molecular formula is C23H26FN5. The standard InChI is InChI=1S/C23H26FN5/c1-3-14-29(20-10-15-28(2)16-11-20)23-21(17-8-12-25-13-9-17)22(26-27-23)18-4-6-19(24)7-5-18/h3-9,12-13,20H,1,10-11,14-16H2,2H3,(H,26,27). The highest BCUT2D eigenvalue weighted by atomic mass is 19.1. The van der Waals surface area contributed by atoms with Crippen molar-refractivity contribution in [3.63, 3.8) is 0 Å². The SMILES string of the molecule is C=CCN(c1n[nH]c(-c2ccc(F)cc2)c1-c1ccncc1)C1CCN(C)CC1. The first-order chi connectivity index (χ1) is 14.2. The van der Waals surface area contributed by atoms with Crippen LogP contribution in [0.5, 0.6) is 0 Å². The van der Waals surface area contributed by atoms with E-state index in [1.54, 1.807) is 24.5 Å². The Balaban J connectivity index is 1.81. The van der Waals surface area contributed by atoms with Gasteiger partial charge in [0, 0.05) is 30.5 Å². The van der Waals surface area contributed by atoms with Crippen LogP contribution in [0.2, 0.25) is 0 Å². The molecule has 0 amide bonds. The van der Waals surface area contributed by atoms with Crippen molar-refractivity contribution in [1.29, 1.82) is 0 Å². The largest absolute Gasteiger partial charge is 0.348 e. The average molecular weight is 391 g/mol. The molecule has 1 N–H and O–H groups in total. The third kappa shape index (κ3) is 4.07. The lowest BCUT2D eigenvalue weighted by Crippen LogP contribution is -2.44. The van der Waals surface area contributed by atoms with Crippen LogP contribution in [-0.2, 0) is 0 Å². The van der Waals surface area contributed by atoms with Crippen molar-refractivity contribution in [2.24, 2.45) is 0 Å². The molecule has 1 aliphatic rings. The summed E-state index contributed by atoms with van der Waals surface area (Å²) in [5.74, 6) is 0.656. The molecule has 1 saturated heterocycles. The molecule has 0 atom stereocenters. The van der Waals surface area contributed by atoms with Crippen molar-refractivity contribution in [3.05, 3.63) is 67.3 Å². The number of aromatic nitrogens is 3.